The van der Waals surface area contributed by atoms with Crippen LogP contribution in [-0.4, -0.2) is 17.5 Å². The molecule has 1 heterocycles. The lowest BCUT2D eigenvalue weighted by Crippen LogP contribution is -2.37. The van der Waals surface area contributed by atoms with E-state index in [9.17, 15) is 0 Å². The van der Waals surface area contributed by atoms with E-state index < -0.39 is 0 Å². The summed E-state index contributed by atoms with van der Waals surface area (Å²) in [5, 5.41) is 0. The van der Waals surface area contributed by atoms with Crippen molar-refractivity contribution >= 4 is 0 Å². The summed E-state index contributed by atoms with van der Waals surface area (Å²) in [5.41, 5.74) is 8.47. The summed E-state index contributed by atoms with van der Waals surface area (Å²) in [6.07, 6.45) is 4.07. The van der Waals surface area contributed by atoms with Gasteiger partial charge in [-0.25, -0.2) is 0 Å². The minimum Gasteiger partial charge on any atom is -0.326 e. The van der Waals surface area contributed by atoms with Gasteiger partial charge < -0.3 is 5.73 Å². The number of likely N-dealkylation sites (tertiary alicyclic amines) is 1. The van der Waals surface area contributed by atoms with E-state index in [0.29, 0.717) is 6.54 Å². The number of nitrogens with zero attached hydrogens (tertiary/aromatic N) is 1. The van der Waals surface area contributed by atoms with Crippen molar-refractivity contribution in [3.05, 3.63) is 35.4 Å². The number of nitrogens with two attached hydrogens (primary N) is 1. The van der Waals surface area contributed by atoms with Gasteiger partial charge in [0.1, 0.15) is 0 Å². The Bertz CT molecular complexity index is 335. The van der Waals surface area contributed by atoms with Crippen molar-refractivity contribution in [1.29, 1.82) is 0 Å². The van der Waals surface area contributed by atoms with E-state index in [1.165, 1.54) is 36.9 Å². The van der Waals surface area contributed by atoms with Gasteiger partial charge in [0.15, 0.2) is 0 Å². The maximum Gasteiger partial charge on any atom is 0.0239 e. The predicted molar refractivity (Wildman–Crippen MR) is 68.1 cm³/mol. The molecule has 0 saturated carbocycles. The number of hydrogen-bond donors (Lipinski definition) is 1. The number of hydrogen-bond acceptors (Lipinski definition) is 2. The van der Waals surface area contributed by atoms with Crippen molar-refractivity contribution < 1.29 is 0 Å². The second kappa shape index (κ2) is 5.46. The molecular weight excluding hydrogens is 196 g/mol. The highest BCUT2D eigenvalue weighted by atomic mass is 15.2. The van der Waals surface area contributed by atoms with Crippen molar-refractivity contribution in [2.75, 3.05) is 6.54 Å². The maximum absolute atomic E-state index is 5.77. The molecule has 1 fully saturated rings. The summed E-state index contributed by atoms with van der Waals surface area (Å²) < 4.78 is 0. The molecule has 2 N–H and O–H groups in total. The van der Waals surface area contributed by atoms with Gasteiger partial charge in [-0.2, -0.15) is 0 Å². The molecule has 0 unspecified atom stereocenters. The lowest BCUT2D eigenvalue weighted by atomic mass is 10.0. The Hall–Kier alpha value is -0.860. The quantitative estimate of drug-likeness (QED) is 0.844. The summed E-state index contributed by atoms with van der Waals surface area (Å²) >= 11 is 0. The summed E-state index contributed by atoms with van der Waals surface area (Å²) in [5.74, 6) is 0. The molecule has 1 aliphatic rings. The van der Waals surface area contributed by atoms with Crippen LogP contribution in [0.5, 0.6) is 0 Å². The van der Waals surface area contributed by atoms with Crippen LogP contribution < -0.4 is 5.73 Å². The lowest BCUT2D eigenvalue weighted by molar-refractivity contribution is 0.152. The minimum absolute atomic E-state index is 0.651. The van der Waals surface area contributed by atoms with Crippen molar-refractivity contribution in [2.45, 2.75) is 45.3 Å². The molecule has 2 rings (SSSR count). The Balaban J connectivity index is 2.07. The van der Waals surface area contributed by atoms with Gasteiger partial charge in [0.2, 0.25) is 0 Å². The zero-order chi connectivity index (χ0) is 11.4. The van der Waals surface area contributed by atoms with Crippen LogP contribution in [0.15, 0.2) is 24.3 Å². The zero-order valence-corrected chi connectivity index (χ0v) is 10.2. The van der Waals surface area contributed by atoms with Gasteiger partial charge in [-0.15, -0.1) is 0 Å². The highest BCUT2D eigenvalue weighted by Crippen LogP contribution is 2.20. The fourth-order valence-corrected chi connectivity index (χ4v) is 2.52. The van der Waals surface area contributed by atoms with E-state index in [-0.39, 0.29) is 0 Å². The molecule has 88 valence electrons. The van der Waals surface area contributed by atoms with Gasteiger partial charge >= 0.3 is 0 Å². The molecule has 0 bridgehead atoms. The van der Waals surface area contributed by atoms with E-state index in [1.807, 2.05) is 0 Å². The molecule has 0 spiro atoms. The van der Waals surface area contributed by atoms with E-state index in [4.69, 9.17) is 5.73 Å². The second-order valence-electron chi connectivity index (χ2n) is 4.79. The molecule has 1 aromatic carbocycles. The molecule has 1 aromatic rings. The van der Waals surface area contributed by atoms with Crippen LogP contribution in [0.4, 0.5) is 0 Å². The zero-order valence-electron chi connectivity index (χ0n) is 10.2. The third-order valence-electron chi connectivity index (χ3n) is 3.65. The topological polar surface area (TPSA) is 29.3 Å². The average Bonchev–Trinajstić information content (AvgIpc) is 2.33. The van der Waals surface area contributed by atoms with Crippen LogP contribution in [-0.2, 0) is 13.1 Å². The molecule has 16 heavy (non-hydrogen) atoms. The lowest BCUT2D eigenvalue weighted by Gasteiger charge is -2.33. The largest absolute Gasteiger partial charge is 0.326 e. The third-order valence-corrected chi connectivity index (χ3v) is 3.65. The first-order valence-electron chi connectivity index (χ1n) is 6.32. The summed E-state index contributed by atoms with van der Waals surface area (Å²) in [4.78, 5) is 2.58. The standard InChI is InChI=1S/C14H22N2/c1-12-6-4-5-9-16(12)11-14-8-3-2-7-13(14)10-15/h2-3,7-8,12H,4-6,9-11,15H2,1H3/t12-/m1/s1. The second-order valence-corrected chi connectivity index (χ2v) is 4.79. The van der Waals surface area contributed by atoms with Gasteiger partial charge in [-0.05, 0) is 37.4 Å². The molecule has 1 atom stereocenters. The number of benzene rings is 1. The van der Waals surface area contributed by atoms with Crippen LogP contribution in [0.3, 0.4) is 0 Å². The molecule has 0 aliphatic carbocycles. The highest BCUT2D eigenvalue weighted by molar-refractivity contribution is 5.26. The molecule has 2 heteroatoms. The fraction of sp³-hybridized carbons (Fsp3) is 0.571. The monoisotopic (exact) mass is 218 g/mol. The van der Waals surface area contributed by atoms with Gasteiger partial charge in [-0.3, -0.25) is 4.90 Å². The van der Waals surface area contributed by atoms with E-state index in [1.54, 1.807) is 0 Å². The van der Waals surface area contributed by atoms with E-state index in [2.05, 4.69) is 36.1 Å². The molecule has 0 amide bonds. The molecule has 1 saturated heterocycles. The summed E-state index contributed by atoms with van der Waals surface area (Å²) in [6.45, 7) is 5.29. The first kappa shape index (κ1) is 11.6. The van der Waals surface area contributed by atoms with Crippen LogP contribution >= 0.6 is 0 Å². The van der Waals surface area contributed by atoms with Gasteiger partial charge in [-0.1, -0.05) is 30.7 Å². The Morgan fingerprint density at radius 2 is 2.00 bits per heavy atom. The third kappa shape index (κ3) is 2.63. The molecule has 2 nitrogen and oxygen atoms in total. The Labute approximate surface area is 98.4 Å². The van der Waals surface area contributed by atoms with Gasteiger partial charge in [0.25, 0.3) is 0 Å². The number of rotatable bonds is 3. The molecule has 0 radical (unpaired) electrons. The Kier molecular flexibility index (Phi) is 3.97. The van der Waals surface area contributed by atoms with Crippen LogP contribution in [0, 0.1) is 0 Å². The first-order chi connectivity index (χ1) is 7.81. The molecule has 0 aromatic heterocycles. The maximum atomic E-state index is 5.77. The van der Waals surface area contributed by atoms with E-state index in [0.717, 1.165) is 12.6 Å². The van der Waals surface area contributed by atoms with Crippen LogP contribution in [0.25, 0.3) is 0 Å². The SMILES string of the molecule is C[C@@H]1CCCCN1Cc1ccccc1CN. The van der Waals surface area contributed by atoms with Crippen LogP contribution in [0.1, 0.15) is 37.3 Å². The molecule has 1 aliphatic heterocycles. The minimum atomic E-state index is 0.651. The molecular formula is C14H22N2. The van der Waals surface area contributed by atoms with Crippen LogP contribution in [0.2, 0.25) is 0 Å². The normalized spacial score (nSPS) is 22.2. The first-order valence-corrected chi connectivity index (χ1v) is 6.32. The average molecular weight is 218 g/mol. The van der Waals surface area contributed by atoms with Crippen molar-refractivity contribution in [3.8, 4) is 0 Å². The Morgan fingerprint density at radius 1 is 1.25 bits per heavy atom. The fourth-order valence-electron chi connectivity index (χ4n) is 2.52. The summed E-state index contributed by atoms with van der Waals surface area (Å²) in [7, 11) is 0. The number of piperidine rings is 1. The van der Waals surface area contributed by atoms with Crippen molar-refractivity contribution in [1.82, 2.24) is 4.90 Å². The van der Waals surface area contributed by atoms with Gasteiger partial charge in [0.05, 0.1) is 0 Å². The van der Waals surface area contributed by atoms with Crippen molar-refractivity contribution in [3.63, 3.8) is 0 Å². The van der Waals surface area contributed by atoms with Crippen molar-refractivity contribution in [2.24, 2.45) is 5.73 Å². The van der Waals surface area contributed by atoms with E-state index >= 15 is 0 Å². The predicted octanol–water partition coefficient (Wildman–Crippen LogP) is 2.52. The smallest absolute Gasteiger partial charge is 0.0239 e. The highest BCUT2D eigenvalue weighted by Gasteiger charge is 2.18. The van der Waals surface area contributed by atoms with Gasteiger partial charge in [0, 0.05) is 19.1 Å². The summed E-state index contributed by atoms with van der Waals surface area (Å²) in [6, 6.07) is 9.27. The Morgan fingerprint density at radius 3 is 2.69 bits per heavy atom.